The number of aromatic nitrogens is 1. The number of rotatable bonds is 5. The zero-order chi connectivity index (χ0) is 22.8. The zero-order valence-corrected chi connectivity index (χ0v) is 19.6. The molecule has 0 radical (unpaired) electrons. The molecule has 1 aliphatic rings. The predicted octanol–water partition coefficient (Wildman–Crippen LogP) is 6.86. The maximum Gasteiger partial charge on any atom is 0.255 e. The summed E-state index contributed by atoms with van der Waals surface area (Å²) in [4.78, 5) is 26.6. The van der Waals surface area contributed by atoms with E-state index in [0.717, 1.165) is 29.7 Å². The van der Waals surface area contributed by atoms with Crippen LogP contribution >= 0.6 is 23.4 Å². The van der Waals surface area contributed by atoms with E-state index in [1.165, 1.54) is 34.8 Å². The average molecular weight is 475 g/mol. The second-order valence-electron chi connectivity index (χ2n) is 8.16. The van der Waals surface area contributed by atoms with Gasteiger partial charge in [0.25, 0.3) is 5.91 Å². The number of benzene rings is 3. The number of hydrogen-bond acceptors (Lipinski definition) is 3. The molecule has 4 nitrogen and oxygen atoms in total. The zero-order valence-electron chi connectivity index (χ0n) is 18.0. The Bertz CT molecular complexity index is 1340. The molecule has 1 aliphatic carbocycles. The first-order valence-electron chi connectivity index (χ1n) is 11.0. The van der Waals surface area contributed by atoms with Crippen LogP contribution in [0.15, 0.2) is 77.7 Å². The molecule has 0 aliphatic heterocycles. The Balaban J connectivity index is 1.27. The smallest absolute Gasteiger partial charge is 0.255 e. The van der Waals surface area contributed by atoms with Crippen molar-refractivity contribution in [2.45, 2.75) is 30.6 Å². The van der Waals surface area contributed by atoms with Gasteiger partial charge in [-0.3, -0.25) is 14.2 Å². The second-order valence-corrected chi connectivity index (χ2v) is 9.64. The van der Waals surface area contributed by atoms with Crippen molar-refractivity contribution in [3.8, 4) is 0 Å². The molecule has 0 atom stereocenters. The van der Waals surface area contributed by atoms with Gasteiger partial charge < -0.3 is 5.32 Å². The first-order chi connectivity index (χ1) is 16.1. The summed E-state index contributed by atoms with van der Waals surface area (Å²) in [6.07, 6.45) is 4.32. The molecular weight excluding hydrogens is 452 g/mol. The van der Waals surface area contributed by atoms with E-state index >= 15 is 0 Å². The number of para-hydroxylation sites is 1. The molecule has 1 heterocycles. The molecule has 4 aromatic rings. The van der Waals surface area contributed by atoms with Gasteiger partial charge in [-0.15, -0.1) is 11.8 Å². The monoisotopic (exact) mass is 474 g/mol. The molecule has 6 heteroatoms. The van der Waals surface area contributed by atoms with Crippen LogP contribution in [0.25, 0.3) is 10.9 Å². The minimum absolute atomic E-state index is 0.109. The van der Waals surface area contributed by atoms with Crippen LogP contribution in [0.2, 0.25) is 5.02 Å². The molecule has 166 valence electrons. The summed E-state index contributed by atoms with van der Waals surface area (Å²) in [5, 5.41) is 4.61. The number of anilines is 1. The number of carbonyl (C=O) groups excluding carboxylic acids is 2. The molecule has 1 amide bonds. The molecule has 0 spiro atoms. The molecular formula is C27H23ClN2O2S. The van der Waals surface area contributed by atoms with Crippen LogP contribution in [0.3, 0.4) is 0 Å². The topological polar surface area (TPSA) is 51.1 Å². The van der Waals surface area contributed by atoms with E-state index in [2.05, 4.69) is 11.4 Å². The van der Waals surface area contributed by atoms with Crippen LogP contribution in [0, 0.1) is 0 Å². The largest absolute Gasteiger partial charge is 0.322 e. The fraction of sp³-hybridized carbons (Fsp3) is 0.185. The van der Waals surface area contributed by atoms with E-state index in [0.29, 0.717) is 22.0 Å². The predicted molar refractivity (Wildman–Crippen MR) is 136 cm³/mol. The van der Waals surface area contributed by atoms with Gasteiger partial charge in [0.1, 0.15) is 0 Å². The molecule has 1 N–H and O–H groups in total. The van der Waals surface area contributed by atoms with Gasteiger partial charge in [0.15, 0.2) is 0 Å². The minimum atomic E-state index is -0.211. The molecule has 0 bridgehead atoms. The van der Waals surface area contributed by atoms with Crippen molar-refractivity contribution >= 4 is 51.8 Å². The first-order valence-corrected chi connectivity index (χ1v) is 12.4. The van der Waals surface area contributed by atoms with Crippen molar-refractivity contribution in [2.75, 3.05) is 11.1 Å². The molecule has 0 unspecified atom stereocenters. The Hall–Kier alpha value is -3.02. The highest BCUT2D eigenvalue weighted by Crippen LogP contribution is 2.32. The highest BCUT2D eigenvalue weighted by atomic mass is 35.5. The first kappa shape index (κ1) is 21.8. The Morgan fingerprint density at radius 3 is 2.55 bits per heavy atom. The fourth-order valence-electron chi connectivity index (χ4n) is 4.46. The molecule has 5 rings (SSSR count). The second kappa shape index (κ2) is 9.46. The Labute approximate surface area is 201 Å². The van der Waals surface area contributed by atoms with Crippen LogP contribution in [-0.2, 0) is 12.8 Å². The molecule has 0 saturated carbocycles. The highest BCUT2D eigenvalue weighted by Gasteiger charge is 2.23. The van der Waals surface area contributed by atoms with Crippen LogP contribution in [0.4, 0.5) is 5.69 Å². The SMILES string of the molecule is O=C(Nc1ccc(SCC(=O)n2c3c(c4ccccc42)CCCC3)cc1)c1cccc(Cl)c1. The molecule has 1 aromatic heterocycles. The van der Waals surface area contributed by atoms with Crippen molar-refractivity contribution in [3.05, 3.63) is 94.6 Å². The summed E-state index contributed by atoms with van der Waals surface area (Å²) in [6, 6.07) is 22.6. The molecule has 0 fully saturated rings. The number of aryl methyl sites for hydroxylation is 1. The maximum absolute atomic E-state index is 13.2. The van der Waals surface area contributed by atoms with E-state index in [-0.39, 0.29) is 11.8 Å². The lowest BCUT2D eigenvalue weighted by atomic mass is 9.96. The lowest BCUT2D eigenvalue weighted by molar-refractivity contribution is 0.0942. The number of carbonyl (C=O) groups is 2. The molecule has 33 heavy (non-hydrogen) atoms. The number of halogens is 1. The Morgan fingerprint density at radius 2 is 1.73 bits per heavy atom. The van der Waals surface area contributed by atoms with Gasteiger partial charge in [-0.05, 0) is 79.8 Å². The summed E-state index contributed by atoms with van der Waals surface area (Å²) in [5.74, 6) is 0.259. The average Bonchev–Trinajstić information content (AvgIpc) is 3.18. The van der Waals surface area contributed by atoms with E-state index in [1.807, 2.05) is 47.0 Å². The van der Waals surface area contributed by atoms with Crippen LogP contribution < -0.4 is 5.32 Å². The minimum Gasteiger partial charge on any atom is -0.322 e. The summed E-state index contributed by atoms with van der Waals surface area (Å²) in [5.41, 5.74) is 4.76. The number of nitrogens with zero attached hydrogens (tertiary/aromatic N) is 1. The van der Waals surface area contributed by atoms with Gasteiger partial charge in [0.2, 0.25) is 5.91 Å². The number of thioether (sulfide) groups is 1. The number of fused-ring (bicyclic) bond motifs is 3. The van der Waals surface area contributed by atoms with Crippen molar-refractivity contribution in [2.24, 2.45) is 0 Å². The normalized spacial score (nSPS) is 13.0. The molecule has 3 aromatic carbocycles. The van der Waals surface area contributed by atoms with Crippen LogP contribution in [-0.4, -0.2) is 22.1 Å². The van der Waals surface area contributed by atoms with E-state index in [4.69, 9.17) is 11.6 Å². The maximum atomic E-state index is 13.2. The van der Waals surface area contributed by atoms with Gasteiger partial charge in [-0.1, -0.05) is 35.9 Å². The van der Waals surface area contributed by atoms with E-state index < -0.39 is 0 Å². The van der Waals surface area contributed by atoms with Crippen molar-refractivity contribution in [3.63, 3.8) is 0 Å². The van der Waals surface area contributed by atoms with Gasteiger partial charge >= 0.3 is 0 Å². The lowest BCUT2D eigenvalue weighted by Crippen LogP contribution is -2.18. The lowest BCUT2D eigenvalue weighted by Gasteiger charge is -2.15. The fourth-order valence-corrected chi connectivity index (χ4v) is 5.40. The third-order valence-electron chi connectivity index (χ3n) is 5.99. The quantitative estimate of drug-likeness (QED) is 0.321. The third-order valence-corrected chi connectivity index (χ3v) is 7.22. The van der Waals surface area contributed by atoms with Gasteiger partial charge in [0, 0.05) is 32.2 Å². The van der Waals surface area contributed by atoms with Gasteiger partial charge in [-0.25, -0.2) is 0 Å². The van der Waals surface area contributed by atoms with Crippen molar-refractivity contribution < 1.29 is 9.59 Å². The van der Waals surface area contributed by atoms with Crippen LogP contribution in [0.5, 0.6) is 0 Å². The van der Waals surface area contributed by atoms with Crippen LogP contribution in [0.1, 0.15) is 39.3 Å². The molecule has 0 saturated heterocycles. The van der Waals surface area contributed by atoms with E-state index in [1.54, 1.807) is 24.3 Å². The summed E-state index contributed by atoms with van der Waals surface area (Å²) >= 11 is 7.48. The Kier molecular flexibility index (Phi) is 6.25. The highest BCUT2D eigenvalue weighted by molar-refractivity contribution is 8.00. The van der Waals surface area contributed by atoms with Crippen molar-refractivity contribution in [1.29, 1.82) is 0 Å². The number of nitrogens with one attached hydrogen (secondary N) is 1. The number of amides is 1. The van der Waals surface area contributed by atoms with Gasteiger partial charge in [0.05, 0.1) is 11.3 Å². The van der Waals surface area contributed by atoms with Crippen molar-refractivity contribution in [1.82, 2.24) is 4.57 Å². The summed E-state index contributed by atoms with van der Waals surface area (Å²) < 4.78 is 1.94. The third kappa shape index (κ3) is 4.56. The number of hydrogen-bond donors (Lipinski definition) is 1. The van der Waals surface area contributed by atoms with E-state index in [9.17, 15) is 9.59 Å². The van der Waals surface area contributed by atoms with Gasteiger partial charge in [-0.2, -0.15) is 0 Å². The Morgan fingerprint density at radius 1 is 0.939 bits per heavy atom. The summed E-state index contributed by atoms with van der Waals surface area (Å²) in [7, 11) is 0. The standard InChI is InChI=1S/C27H23ClN2O2S/c28-19-7-5-6-18(16-19)27(32)29-20-12-14-21(15-13-20)33-17-26(31)30-24-10-3-1-8-22(24)23-9-2-4-11-25(23)30/h1,3,5-8,10,12-16H,2,4,9,11,17H2,(H,29,32). The summed E-state index contributed by atoms with van der Waals surface area (Å²) in [6.45, 7) is 0.